The van der Waals surface area contributed by atoms with Crippen LogP contribution in [0.1, 0.15) is 5.76 Å². The Morgan fingerprint density at radius 1 is 1.39 bits per heavy atom. The lowest BCUT2D eigenvalue weighted by Crippen LogP contribution is -2.27. The molecule has 3 rings (SSSR count). The van der Waals surface area contributed by atoms with E-state index in [1.54, 1.807) is 41.3 Å². The molecule has 2 aromatic rings. The number of hydrogen-bond acceptors (Lipinski definition) is 3. The van der Waals surface area contributed by atoms with Gasteiger partial charge in [-0.3, -0.25) is 9.69 Å². The van der Waals surface area contributed by atoms with Crippen molar-refractivity contribution in [1.29, 1.82) is 0 Å². The average Bonchev–Trinajstić information content (AvgIpc) is 3.19. The molecular weight excluding hydrogens is 318 g/mol. The van der Waals surface area contributed by atoms with Crippen LogP contribution in [-0.2, 0) is 4.79 Å². The molecule has 0 bridgehead atoms. The number of rotatable bonds is 4. The number of nitrogens with one attached hydrogen (secondary N) is 2. The second-order valence-electron chi connectivity index (χ2n) is 4.89. The number of urea groups is 1. The van der Waals surface area contributed by atoms with Crippen molar-refractivity contribution < 1.29 is 14.0 Å². The Balaban J connectivity index is 1.74. The summed E-state index contributed by atoms with van der Waals surface area (Å²) in [6, 6.07) is 8.37. The molecule has 1 aromatic carbocycles. The summed E-state index contributed by atoms with van der Waals surface area (Å²) in [7, 11) is 0. The first-order valence-corrected chi connectivity index (χ1v) is 7.39. The monoisotopic (exact) mass is 331 g/mol. The van der Waals surface area contributed by atoms with Gasteiger partial charge in [0.1, 0.15) is 5.76 Å². The minimum Gasteiger partial charge on any atom is -0.465 e. The first-order chi connectivity index (χ1) is 11.1. The molecule has 6 nitrogen and oxygen atoms in total. The average molecular weight is 332 g/mol. The third-order valence-electron chi connectivity index (χ3n) is 3.32. The van der Waals surface area contributed by atoms with E-state index in [4.69, 9.17) is 16.0 Å². The van der Waals surface area contributed by atoms with Gasteiger partial charge in [0.05, 0.1) is 17.0 Å². The fourth-order valence-electron chi connectivity index (χ4n) is 2.21. The summed E-state index contributed by atoms with van der Waals surface area (Å²) in [5, 5.41) is 5.81. The molecule has 0 radical (unpaired) electrons. The fourth-order valence-corrected chi connectivity index (χ4v) is 2.38. The van der Waals surface area contributed by atoms with Crippen LogP contribution in [-0.4, -0.2) is 25.0 Å². The highest BCUT2D eigenvalue weighted by molar-refractivity contribution is 6.34. The van der Waals surface area contributed by atoms with E-state index in [1.165, 1.54) is 12.3 Å². The molecule has 1 fully saturated rings. The number of nitrogens with zero attached hydrogens (tertiary/aromatic N) is 1. The van der Waals surface area contributed by atoms with E-state index in [9.17, 15) is 9.59 Å². The molecule has 0 saturated carbocycles. The highest BCUT2D eigenvalue weighted by atomic mass is 35.5. The molecule has 1 aliphatic heterocycles. The van der Waals surface area contributed by atoms with E-state index in [-0.39, 0.29) is 11.9 Å². The Morgan fingerprint density at radius 3 is 2.96 bits per heavy atom. The maximum Gasteiger partial charge on any atom is 0.321 e. The van der Waals surface area contributed by atoms with E-state index in [0.717, 1.165) is 0 Å². The van der Waals surface area contributed by atoms with Crippen molar-refractivity contribution >= 4 is 41.0 Å². The summed E-state index contributed by atoms with van der Waals surface area (Å²) in [5.41, 5.74) is 1.12. The van der Waals surface area contributed by atoms with Crippen LogP contribution in [0.3, 0.4) is 0 Å². The molecule has 1 aliphatic rings. The Bertz CT molecular complexity index is 756. The molecule has 0 spiro atoms. The third kappa shape index (κ3) is 3.54. The van der Waals surface area contributed by atoms with Crippen molar-refractivity contribution in [3.63, 3.8) is 0 Å². The largest absolute Gasteiger partial charge is 0.465 e. The van der Waals surface area contributed by atoms with Crippen molar-refractivity contribution in [2.75, 3.05) is 23.3 Å². The van der Waals surface area contributed by atoms with E-state index in [0.29, 0.717) is 35.2 Å². The van der Waals surface area contributed by atoms with Crippen LogP contribution in [0.4, 0.5) is 16.2 Å². The van der Waals surface area contributed by atoms with Crippen LogP contribution in [0.25, 0.3) is 6.08 Å². The van der Waals surface area contributed by atoms with Crippen LogP contribution in [0.15, 0.2) is 47.1 Å². The van der Waals surface area contributed by atoms with Crippen molar-refractivity contribution in [3.05, 3.63) is 53.5 Å². The van der Waals surface area contributed by atoms with Crippen LogP contribution in [0.2, 0.25) is 5.02 Å². The number of anilines is 2. The topological polar surface area (TPSA) is 74.6 Å². The summed E-state index contributed by atoms with van der Waals surface area (Å²) >= 11 is 6.11. The Morgan fingerprint density at radius 2 is 2.26 bits per heavy atom. The molecule has 118 valence electrons. The first kappa shape index (κ1) is 15.2. The second-order valence-corrected chi connectivity index (χ2v) is 5.29. The SMILES string of the molecule is O=C(/C=C/c1ccco1)Nc1cc(N2CCNC2=O)ccc1Cl. The number of amides is 3. The van der Waals surface area contributed by atoms with Crippen LogP contribution >= 0.6 is 11.6 Å². The summed E-state index contributed by atoms with van der Waals surface area (Å²) in [4.78, 5) is 25.3. The number of furan rings is 1. The van der Waals surface area contributed by atoms with Gasteiger partial charge in [-0.05, 0) is 36.4 Å². The standard InChI is InChI=1S/C16H14ClN3O3/c17-13-5-3-11(20-8-7-18-16(20)22)10-14(13)19-15(21)6-4-12-2-1-9-23-12/h1-6,9-10H,7-8H2,(H,18,22)(H,19,21)/b6-4+. The van der Waals surface area contributed by atoms with Gasteiger partial charge in [0.25, 0.3) is 0 Å². The van der Waals surface area contributed by atoms with Gasteiger partial charge in [0, 0.05) is 24.9 Å². The van der Waals surface area contributed by atoms with Crippen molar-refractivity contribution in [2.45, 2.75) is 0 Å². The Labute approximate surface area is 137 Å². The molecular formula is C16H14ClN3O3. The van der Waals surface area contributed by atoms with Gasteiger partial charge in [-0.1, -0.05) is 11.6 Å². The highest BCUT2D eigenvalue weighted by Gasteiger charge is 2.21. The summed E-state index contributed by atoms with van der Waals surface area (Å²) in [5.74, 6) is 0.236. The minimum atomic E-state index is -0.341. The summed E-state index contributed by atoms with van der Waals surface area (Å²) in [6.07, 6.45) is 4.43. The van der Waals surface area contributed by atoms with Gasteiger partial charge >= 0.3 is 6.03 Å². The van der Waals surface area contributed by atoms with Crippen molar-refractivity contribution in [3.8, 4) is 0 Å². The molecule has 2 heterocycles. The smallest absolute Gasteiger partial charge is 0.321 e. The molecule has 0 aliphatic carbocycles. The lowest BCUT2D eigenvalue weighted by Gasteiger charge is -2.16. The number of hydrogen-bond donors (Lipinski definition) is 2. The zero-order chi connectivity index (χ0) is 16.2. The maximum absolute atomic E-state index is 12.0. The predicted octanol–water partition coefficient (Wildman–Crippen LogP) is 3.11. The van der Waals surface area contributed by atoms with Gasteiger partial charge in [0.2, 0.25) is 5.91 Å². The van der Waals surface area contributed by atoms with Gasteiger partial charge in [-0.2, -0.15) is 0 Å². The Hall–Kier alpha value is -2.73. The molecule has 23 heavy (non-hydrogen) atoms. The van der Waals surface area contributed by atoms with Gasteiger partial charge in [-0.25, -0.2) is 4.79 Å². The fraction of sp³-hybridized carbons (Fsp3) is 0.125. The normalized spacial score (nSPS) is 14.3. The maximum atomic E-state index is 12.0. The first-order valence-electron chi connectivity index (χ1n) is 7.01. The third-order valence-corrected chi connectivity index (χ3v) is 3.65. The van der Waals surface area contributed by atoms with Crippen LogP contribution in [0.5, 0.6) is 0 Å². The number of carbonyl (C=O) groups is 2. The van der Waals surface area contributed by atoms with Crippen molar-refractivity contribution in [1.82, 2.24) is 5.32 Å². The molecule has 0 atom stereocenters. The minimum absolute atomic E-state index is 0.165. The highest BCUT2D eigenvalue weighted by Crippen LogP contribution is 2.28. The predicted molar refractivity (Wildman–Crippen MR) is 88.6 cm³/mol. The van der Waals surface area contributed by atoms with Crippen LogP contribution < -0.4 is 15.5 Å². The molecule has 3 amide bonds. The lowest BCUT2D eigenvalue weighted by molar-refractivity contribution is -0.111. The molecule has 0 unspecified atom stereocenters. The molecule has 1 aromatic heterocycles. The summed E-state index contributed by atoms with van der Waals surface area (Å²) < 4.78 is 5.11. The molecule has 1 saturated heterocycles. The number of halogens is 1. The molecule has 7 heteroatoms. The number of carbonyl (C=O) groups excluding carboxylic acids is 2. The van der Waals surface area contributed by atoms with E-state index < -0.39 is 0 Å². The van der Waals surface area contributed by atoms with Gasteiger partial charge in [0.15, 0.2) is 0 Å². The van der Waals surface area contributed by atoms with E-state index in [2.05, 4.69) is 10.6 Å². The lowest BCUT2D eigenvalue weighted by atomic mass is 10.2. The van der Waals surface area contributed by atoms with Gasteiger partial charge in [-0.15, -0.1) is 0 Å². The van der Waals surface area contributed by atoms with E-state index in [1.807, 2.05) is 0 Å². The second kappa shape index (κ2) is 6.58. The van der Waals surface area contributed by atoms with Gasteiger partial charge < -0.3 is 15.1 Å². The van der Waals surface area contributed by atoms with E-state index >= 15 is 0 Å². The Kier molecular flexibility index (Phi) is 4.34. The quantitative estimate of drug-likeness (QED) is 0.845. The molecule has 2 N–H and O–H groups in total. The van der Waals surface area contributed by atoms with Crippen molar-refractivity contribution in [2.24, 2.45) is 0 Å². The summed E-state index contributed by atoms with van der Waals surface area (Å²) in [6.45, 7) is 1.17. The zero-order valence-corrected chi connectivity index (χ0v) is 12.8. The zero-order valence-electron chi connectivity index (χ0n) is 12.1. The van der Waals surface area contributed by atoms with Crippen LogP contribution in [0, 0.1) is 0 Å². The number of benzene rings is 1.